The summed E-state index contributed by atoms with van der Waals surface area (Å²) in [6.45, 7) is 0. The highest BCUT2D eigenvalue weighted by Gasteiger charge is 2.43. The second-order valence-corrected chi connectivity index (χ2v) is 8.12. The van der Waals surface area contributed by atoms with E-state index in [0.29, 0.717) is 29.1 Å². The highest BCUT2D eigenvalue weighted by molar-refractivity contribution is 5.84. The zero-order valence-corrected chi connectivity index (χ0v) is 16.0. The van der Waals surface area contributed by atoms with E-state index in [4.69, 9.17) is 0 Å². The van der Waals surface area contributed by atoms with Crippen LogP contribution < -0.4 is 5.56 Å². The summed E-state index contributed by atoms with van der Waals surface area (Å²) in [4.78, 5) is 30.4. The number of nitrogens with one attached hydrogen (secondary N) is 1. The van der Waals surface area contributed by atoms with Crippen molar-refractivity contribution in [3.63, 3.8) is 0 Å². The van der Waals surface area contributed by atoms with E-state index >= 15 is 0 Å². The molecule has 0 spiro atoms. The number of benzene rings is 1. The molecule has 144 valence electrons. The van der Waals surface area contributed by atoms with Gasteiger partial charge >= 0.3 is 0 Å². The van der Waals surface area contributed by atoms with E-state index in [1.54, 1.807) is 0 Å². The van der Waals surface area contributed by atoms with Crippen LogP contribution in [0.4, 0.5) is 0 Å². The Morgan fingerprint density at radius 1 is 1.18 bits per heavy atom. The van der Waals surface area contributed by atoms with E-state index in [1.807, 2.05) is 48.3 Å². The van der Waals surface area contributed by atoms with Crippen molar-refractivity contribution in [1.29, 1.82) is 0 Å². The fraction of sp³-hybridized carbons (Fsp3) is 0.409. The zero-order valence-electron chi connectivity index (χ0n) is 16.0. The SMILES string of the molecule is Cn1nccc1C1CC2CCC(C1)N2C(=O)Cc1cc2ccccc2c(=O)[nH]1. The molecule has 2 saturated heterocycles. The minimum absolute atomic E-state index is 0.126. The number of aromatic nitrogens is 3. The predicted molar refractivity (Wildman–Crippen MR) is 107 cm³/mol. The Morgan fingerprint density at radius 2 is 1.93 bits per heavy atom. The monoisotopic (exact) mass is 376 g/mol. The molecule has 1 amide bonds. The first-order valence-electron chi connectivity index (χ1n) is 10.00. The quantitative estimate of drug-likeness (QED) is 0.764. The van der Waals surface area contributed by atoms with Gasteiger partial charge in [0.1, 0.15) is 0 Å². The van der Waals surface area contributed by atoms with Gasteiger partial charge in [-0.1, -0.05) is 18.2 Å². The minimum Gasteiger partial charge on any atom is -0.336 e. The number of hydrogen-bond donors (Lipinski definition) is 1. The Bertz CT molecular complexity index is 1090. The molecular weight excluding hydrogens is 352 g/mol. The number of amides is 1. The van der Waals surface area contributed by atoms with Crippen molar-refractivity contribution in [1.82, 2.24) is 19.7 Å². The molecule has 0 aliphatic carbocycles. The Balaban J connectivity index is 1.35. The Morgan fingerprint density at radius 3 is 2.64 bits per heavy atom. The summed E-state index contributed by atoms with van der Waals surface area (Å²) in [5.41, 5.74) is 1.84. The average molecular weight is 376 g/mol. The number of H-pyrrole nitrogens is 1. The molecule has 5 rings (SSSR count). The van der Waals surface area contributed by atoms with Crippen LogP contribution in [0.1, 0.15) is 43.0 Å². The molecule has 1 N–H and O–H groups in total. The van der Waals surface area contributed by atoms with Gasteiger partial charge in [0.25, 0.3) is 5.56 Å². The van der Waals surface area contributed by atoms with Gasteiger partial charge in [-0.05, 0) is 49.3 Å². The van der Waals surface area contributed by atoms with Crippen LogP contribution in [0.3, 0.4) is 0 Å². The lowest BCUT2D eigenvalue weighted by Gasteiger charge is -2.39. The van der Waals surface area contributed by atoms with Crippen LogP contribution in [-0.2, 0) is 18.3 Å². The Labute approximate surface area is 163 Å². The van der Waals surface area contributed by atoms with E-state index < -0.39 is 0 Å². The zero-order chi connectivity index (χ0) is 19.3. The molecule has 2 aliphatic heterocycles. The second kappa shape index (κ2) is 6.62. The number of carbonyl (C=O) groups excluding carboxylic acids is 1. The number of pyridine rings is 1. The molecule has 3 aromatic rings. The van der Waals surface area contributed by atoms with Gasteiger partial charge in [-0.3, -0.25) is 14.3 Å². The van der Waals surface area contributed by atoms with Gasteiger partial charge in [-0.25, -0.2) is 0 Å². The van der Waals surface area contributed by atoms with Gasteiger partial charge in [0, 0.05) is 48.0 Å². The molecule has 6 heteroatoms. The third kappa shape index (κ3) is 2.84. The summed E-state index contributed by atoms with van der Waals surface area (Å²) in [6.07, 6.45) is 6.23. The fourth-order valence-electron chi connectivity index (χ4n) is 5.23. The van der Waals surface area contributed by atoms with Crippen LogP contribution in [-0.4, -0.2) is 37.7 Å². The first kappa shape index (κ1) is 17.2. The summed E-state index contributed by atoms with van der Waals surface area (Å²) < 4.78 is 1.96. The number of aryl methyl sites for hydroxylation is 1. The molecule has 28 heavy (non-hydrogen) atoms. The molecule has 2 aliphatic rings. The van der Waals surface area contributed by atoms with E-state index in [0.717, 1.165) is 31.1 Å². The van der Waals surface area contributed by atoms with Crippen LogP contribution in [0, 0.1) is 0 Å². The molecular formula is C22H24N4O2. The normalized spacial score (nSPS) is 24.0. The van der Waals surface area contributed by atoms with E-state index in [9.17, 15) is 9.59 Å². The largest absolute Gasteiger partial charge is 0.336 e. The maximum atomic E-state index is 13.1. The molecule has 0 saturated carbocycles. The molecule has 2 unspecified atom stereocenters. The van der Waals surface area contributed by atoms with Crippen LogP contribution in [0.5, 0.6) is 0 Å². The number of carbonyl (C=O) groups is 1. The number of rotatable bonds is 3. The maximum absolute atomic E-state index is 13.1. The highest BCUT2D eigenvalue weighted by atomic mass is 16.2. The van der Waals surface area contributed by atoms with Crippen LogP contribution in [0.25, 0.3) is 10.8 Å². The van der Waals surface area contributed by atoms with E-state index in [1.165, 1.54) is 5.69 Å². The van der Waals surface area contributed by atoms with Crippen molar-refractivity contribution in [2.24, 2.45) is 7.05 Å². The summed E-state index contributed by atoms with van der Waals surface area (Å²) in [5, 5.41) is 5.85. The standard InChI is InChI=1S/C22H24N4O2/c1-25-20(8-9-23-25)15-11-17-6-7-18(12-15)26(17)21(27)13-16-10-14-4-2-3-5-19(14)22(28)24-16/h2-5,8-10,15,17-18H,6-7,11-13H2,1H3,(H,24,28). The number of hydrogen-bond acceptors (Lipinski definition) is 3. The van der Waals surface area contributed by atoms with Gasteiger partial charge < -0.3 is 9.88 Å². The molecule has 1 aromatic carbocycles. The van der Waals surface area contributed by atoms with Crippen molar-refractivity contribution in [2.45, 2.75) is 50.1 Å². The van der Waals surface area contributed by atoms with Gasteiger partial charge in [0.15, 0.2) is 0 Å². The first-order chi connectivity index (χ1) is 13.6. The summed E-state index contributed by atoms with van der Waals surface area (Å²) >= 11 is 0. The lowest BCUT2D eigenvalue weighted by atomic mass is 9.87. The Kier molecular flexibility index (Phi) is 4.07. The van der Waals surface area contributed by atoms with Gasteiger partial charge in [0.2, 0.25) is 5.91 Å². The predicted octanol–water partition coefficient (Wildman–Crippen LogP) is 2.74. The van der Waals surface area contributed by atoms with E-state index in [-0.39, 0.29) is 17.9 Å². The van der Waals surface area contributed by atoms with Crippen molar-refractivity contribution in [3.8, 4) is 0 Å². The topological polar surface area (TPSA) is 71.0 Å². The third-order valence-electron chi connectivity index (χ3n) is 6.45. The molecule has 2 atom stereocenters. The van der Waals surface area contributed by atoms with Crippen molar-refractivity contribution in [3.05, 3.63) is 64.3 Å². The summed E-state index contributed by atoms with van der Waals surface area (Å²) in [7, 11) is 1.99. The van der Waals surface area contributed by atoms with E-state index in [2.05, 4.69) is 21.0 Å². The average Bonchev–Trinajstić information content (AvgIpc) is 3.22. The second-order valence-electron chi connectivity index (χ2n) is 8.12. The fourth-order valence-corrected chi connectivity index (χ4v) is 5.23. The molecule has 4 heterocycles. The molecule has 2 bridgehead atoms. The maximum Gasteiger partial charge on any atom is 0.256 e. The molecule has 2 fully saturated rings. The van der Waals surface area contributed by atoms with Gasteiger partial charge in [0.05, 0.1) is 6.42 Å². The summed E-state index contributed by atoms with van der Waals surface area (Å²) in [5.74, 6) is 0.594. The molecule has 2 aromatic heterocycles. The van der Waals surface area contributed by atoms with Gasteiger partial charge in [-0.2, -0.15) is 5.10 Å². The number of piperidine rings is 1. The van der Waals surface area contributed by atoms with Crippen LogP contribution in [0.15, 0.2) is 47.4 Å². The lowest BCUT2D eigenvalue weighted by molar-refractivity contribution is -0.135. The molecule has 0 radical (unpaired) electrons. The third-order valence-corrected chi connectivity index (χ3v) is 6.45. The minimum atomic E-state index is -0.126. The highest BCUT2D eigenvalue weighted by Crippen LogP contribution is 2.43. The van der Waals surface area contributed by atoms with Crippen LogP contribution in [0.2, 0.25) is 0 Å². The lowest BCUT2D eigenvalue weighted by Crippen LogP contribution is -2.47. The van der Waals surface area contributed by atoms with Crippen LogP contribution >= 0.6 is 0 Å². The summed E-state index contributed by atoms with van der Waals surface area (Å²) in [6, 6.07) is 12.1. The smallest absolute Gasteiger partial charge is 0.256 e. The number of aromatic amines is 1. The number of fused-ring (bicyclic) bond motifs is 3. The molecule has 6 nitrogen and oxygen atoms in total. The van der Waals surface area contributed by atoms with Crippen molar-refractivity contribution >= 4 is 16.7 Å². The van der Waals surface area contributed by atoms with Gasteiger partial charge in [-0.15, -0.1) is 0 Å². The number of nitrogens with zero attached hydrogens (tertiary/aromatic N) is 3. The van der Waals surface area contributed by atoms with Crippen molar-refractivity contribution < 1.29 is 4.79 Å². The Hall–Kier alpha value is -2.89. The first-order valence-corrected chi connectivity index (χ1v) is 10.00. The van der Waals surface area contributed by atoms with Crippen molar-refractivity contribution in [2.75, 3.05) is 0 Å².